The average Bonchev–Trinajstić information content (AvgIpc) is 3.23. The molecule has 5 rings (SSSR count). The van der Waals surface area contributed by atoms with E-state index in [-0.39, 0.29) is 0 Å². The molecule has 0 amide bonds. The van der Waals surface area contributed by atoms with E-state index in [4.69, 9.17) is 4.98 Å². The number of nitrogens with zero attached hydrogens (tertiary/aromatic N) is 5. The van der Waals surface area contributed by atoms with Crippen molar-refractivity contribution in [3.63, 3.8) is 0 Å². The Balaban J connectivity index is 1.38. The van der Waals surface area contributed by atoms with Crippen LogP contribution in [0.15, 0.2) is 54.9 Å². The average molecular weight is 434 g/mol. The Kier molecular flexibility index (Phi) is 5.28. The molecule has 31 heavy (non-hydrogen) atoms. The first-order valence-electron chi connectivity index (χ1n) is 10.5. The quantitative estimate of drug-likeness (QED) is 0.430. The molecule has 0 aromatic carbocycles. The molecule has 0 spiro atoms. The fourth-order valence-electron chi connectivity index (χ4n) is 3.82. The molecule has 0 unspecified atom stereocenters. The van der Waals surface area contributed by atoms with Crippen molar-refractivity contribution in [2.75, 3.05) is 37.0 Å². The standard InChI is InChI=1S/C24H24FN5S/c1-29(2)22-7-5-18(15-26-22)21-13-16-3-6-20(28-24(16)31-21)17-4-8-23(27-14-17)30-11-9-19(25)10-12-30/h3-8,13-15,19H,9-12H2,1-2H3. The van der Waals surface area contributed by atoms with Crippen molar-refractivity contribution in [2.24, 2.45) is 0 Å². The lowest BCUT2D eigenvalue weighted by atomic mass is 10.1. The van der Waals surface area contributed by atoms with Crippen LogP contribution in [0, 0.1) is 0 Å². The Labute approximate surface area is 185 Å². The second-order valence-electron chi connectivity index (χ2n) is 8.07. The third-order valence-corrected chi connectivity index (χ3v) is 6.76. The molecule has 0 bridgehead atoms. The summed E-state index contributed by atoms with van der Waals surface area (Å²) in [4.78, 5) is 20.3. The number of aromatic nitrogens is 3. The van der Waals surface area contributed by atoms with Gasteiger partial charge in [0.2, 0.25) is 0 Å². The highest BCUT2D eigenvalue weighted by atomic mass is 32.1. The van der Waals surface area contributed by atoms with Gasteiger partial charge in [0.15, 0.2) is 0 Å². The van der Waals surface area contributed by atoms with Crippen LogP contribution in [-0.2, 0) is 0 Å². The van der Waals surface area contributed by atoms with Gasteiger partial charge in [0.05, 0.1) is 5.69 Å². The van der Waals surface area contributed by atoms with Crippen LogP contribution in [0.3, 0.4) is 0 Å². The van der Waals surface area contributed by atoms with Crippen LogP contribution in [0.4, 0.5) is 16.0 Å². The number of halogens is 1. The normalized spacial score (nSPS) is 14.9. The second kappa shape index (κ2) is 8.23. The molecule has 1 saturated heterocycles. The summed E-state index contributed by atoms with van der Waals surface area (Å²) in [5.74, 6) is 1.85. The maximum atomic E-state index is 13.4. The summed E-state index contributed by atoms with van der Waals surface area (Å²) >= 11 is 1.67. The fourth-order valence-corrected chi connectivity index (χ4v) is 4.84. The van der Waals surface area contributed by atoms with Crippen LogP contribution in [0.1, 0.15) is 12.8 Å². The number of fused-ring (bicyclic) bond motifs is 1. The number of hydrogen-bond donors (Lipinski definition) is 0. The summed E-state index contributed by atoms with van der Waals surface area (Å²) in [5, 5.41) is 1.12. The van der Waals surface area contributed by atoms with Crippen LogP contribution in [0.25, 0.3) is 31.9 Å². The van der Waals surface area contributed by atoms with Crippen molar-refractivity contribution in [3.05, 3.63) is 54.9 Å². The minimum absolute atomic E-state index is 0.579. The zero-order valence-electron chi connectivity index (χ0n) is 17.6. The van der Waals surface area contributed by atoms with Crippen molar-refractivity contribution in [3.8, 4) is 21.7 Å². The predicted octanol–water partition coefficient (Wildman–Crippen LogP) is 5.42. The topological polar surface area (TPSA) is 45.2 Å². The summed E-state index contributed by atoms with van der Waals surface area (Å²) in [6, 6.07) is 14.5. The van der Waals surface area contributed by atoms with Gasteiger partial charge in [0.1, 0.15) is 22.6 Å². The molecule has 5 nitrogen and oxygen atoms in total. The largest absolute Gasteiger partial charge is 0.363 e. The van der Waals surface area contributed by atoms with Crippen molar-refractivity contribution < 1.29 is 4.39 Å². The van der Waals surface area contributed by atoms with E-state index >= 15 is 0 Å². The van der Waals surface area contributed by atoms with Gasteiger partial charge >= 0.3 is 0 Å². The number of hydrogen-bond acceptors (Lipinski definition) is 6. The third kappa shape index (κ3) is 4.10. The van der Waals surface area contributed by atoms with Crippen LogP contribution < -0.4 is 9.80 Å². The Morgan fingerprint density at radius 1 is 0.968 bits per heavy atom. The van der Waals surface area contributed by atoms with Gasteiger partial charge < -0.3 is 9.80 Å². The van der Waals surface area contributed by atoms with Gasteiger partial charge in [-0.2, -0.15) is 0 Å². The lowest BCUT2D eigenvalue weighted by molar-refractivity contribution is 0.277. The Bertz CT molecular complexity index is 1180. The summed E-state index contributed by atoms with van der Waals surface area (Å²) in [6.07, 6.45) is 4.26. The van der Waals surface area contributed by atoms with Crippen LogP contribution in [0.5, 0.6) is 0 Å². The molecule has 0 N–H and O–H groups in total. The van der Waals surface area contributed by atoms with E-state index in [1.807, 2.05) is 49.6 Å². The number of pyridine rings is 3. The van der Waals surface area contributed by atoms with Gasteiger partial charge in [-0.05, 0) is 55.3 Å². The third-order valence-electron chi connectivity index (χ3n) is 5.67. The molecule has 0 saturated carbocycles. The molecule has 0 aliphatic carbocycles. The molecule has 4 aromatic heterocycles. The zero-order chi connectivity index (χ0) is 21.4. The number of thiophene rings is 1. The summed E-state index contributed by atoms with van der Waals surface area (Å²) in [5.41, 5.74) is 2.99. The zero-order valence-corrected chi connectivity index (χ0v) is 18.4. The Morgan fingerprint density at radius 3 is 2.42 bits per heavy atom. The van der Waals surface area contributed by atoms with Crippen LogP contribution in [0.2, 0.25) is 0 Å². The first-order chi connectivity index (χ1) is 15.1. The predicted molar refractivity (Wildman–Crippen MR) is 127 cm³/mol. The Hall–Kier alpha value is -3.06. The van der Waals surface area contributed by atoms with Crippen LogP contribution in [-0.4, -0.2) is 48.3 Å². The van der Waals surface area contributed by atoms with Crippen molar-refractivity contribution in [2.45, 2.75) is 19.0 Å². The second-order valence-corrected chi connectivity index (χ2v) is 9.10. The van der Waals surface area contributed by atoms with Gasteiger partial charge in [0.25, 0.3) is 0 Å². The van der Waals surface area contributed by atoms with Crippen molar-refractivity contribution >= 4 is 33.2 Å². The van der Waals surface area contributed by atoms with Crippen molar-refractivity contribution in [1.82, 2.24) is 15.0 Å². The smallest absolute Gasteiger partial charge is 0.128 e. The SMILES string of the molecule is CN(C)c1ccc(-c2cc3ccc(-c4ccc(N5CCC(F)CC5)nc4)nc3s2)cn1. The molecular formula is C24H24FN5S. The van der Waals surface area contributed by atoms with E-state index in [1.165, 1.54) is 0 Å². The van der Waals surface area contributed by atoms with E-state index in [0.29, 0.717) is 12.8 Å². The summed E-state index contributed by atoms with van der Waals surface area (Å²) in [7, 11) is 3.97. The minimum atomic E-state index is -0.677. The first kappa shape index (κ1) is 19.9. The maximum Gasteiger partial charge on any atom is 0.128 e. The summed E-state index contributed by atoms with van der Waals surface area (Å²) < 4.78 is 13.4. The van der Waals surface area contributed by atoms with E-state index < -0.39 is 6.17 Å². The van der Waals surface area contributed by atoms with Gasteiger partial charge in [-0.3, -0.25) is 0 Å². The number of piperidine rings is 1. The number of rotatable bonds is 4. The molecule has 4 aromatic rings. The first-order valence-corrected chi connectivity index (χ1v) is 11.3. The van der Waals surface area contributed by atoms with Gasteiger partial charge in [-0.25, -0.2) is 19.3 Å². The van der Waals surface area contributed by atoms with Crippen molar-refractivity contribution in [1.29, 1.82) is 0 Å². The van der Waals surface area contributed by atoms with Gasteiger partial charge in [0, 0.05) is 61.0 Å². The lowest BCUT2D eigenvalue weighted by Gasteiger charge is -2.29. The van der Waals surface area contributed by atoms with Gasteiger partial charge in [-0.1, -0.05) is 0 Å². The summed E-state index contributed by atoms with van der Waals surface area (Å²) in [6.45, 7) is 1.44. The van der Waals surface area contributed by atoms with E-state index in [1.54, 1.807) is 11.3 Å². The van der Waals surface area contributed by atoms with Crippen LogP contribution >= 0.6 is 11.3 Å². The molecule has 1 aliphatic heterocycles. The highest BCUT2D eigenvalue weighted by molar-refractivity contribution is 7.21. The molecule has 1 aliphatic rings. The molecule has 0 radical (unpaired) electrons. The maximum absolute atomic E-state index is 13.4. The van der Waals surface area contributed by atoms with E-state index in [9.17, 15) is 4.39 Å². The molecular weight excluding hydrogens is 409 g/mol. The van der Waals surface area contributed by atoms with E-state index in [2.05, 4.69) is 39.1 Å². The van der Waals surface area contributed by atoms with E-state index in [0.717, 1.165) is 56.6 Å². The molecule has 5 heterocycles. The highest BCUT2D eigenvalue weighted by Crippen LogP contribution is 2.34. The Morgan fingerprint density at radius 2 is 1.74 bits per heavy atom. The molecule has 7 heteroatoms. The highest BCUT2D eigenvalue weighted by Gasteiger charge is 2.19. The molecule has 0 atom stereocenters. The lowest BCUT2D eigenvalue weighted by Crippen LogP contribution is -2.34. The van der Waals surface area contributed by atoms with Gasteiger partial charge in [-0.15, -0.1) is 11.3 Å². The minimum Gasteiger partial charge on any atom is -0.363 e. The monoisotopic (exact) mass is 433 g/mol. The fraction of sp³-hybridized carbons (Fsp3) is 0.292. The molecule has 158 valence electrons. The number of alkyl halides is 1. The number of anilines is 2. The molecule has 1 fully saturated rings.